The average molecular weight is 332 g/mol. The van der Waals surface area contributed by atoms with Crippen molar-refractivity contribution in [3.05, 3.63) is 53.6 Å². The van der Waals surface area contributed by atoms with Crippen LogP contribution in [-0.4, -0.2) is 25.4 Å². The zero-order valence-electron chi connectivity index (χ0n) is 11.7. The average Bonchev–Trinajstić information content (AvgIpc) is 2.86. The highest BCUT2D eigenvalue weighted by Gasteiger charge is 2.22. The first-order chi connectivity index (χ1) is 10.8. The number of fused-ring (bicyclic) bond motifs is 1. The maximum atomic E-state index is 12.4. The van der Waals surface area contributed by atoms with Gasteiger partial charge in [0.1, 0.15) is 0 Å². The van der Waals surface area contributed by atoms with E-state index in [1.807, 2.05) is 0 Å². The maximum absolute atomic E-state index is 12.4. The molecule has 8 heteroatoms. The van der Waals surface area contributed by atoms with Gasteiger partial charge in [-0.15, -0.1) is 0 Å². The Balaban J connectivity index is 1.86. The van der Waals surface area contributed by atoms with Crippen molar-refractivity contribution in [1.29, 1.82) is 0 Å². The Morgan fingerprint density at radius 1 is 1.13 bits per heavy atom. The minimum Gasteiger partial charge on any atom is -0.478 e. The Morgan fingerprint density at radius 3 is 2.48 bits per heavy atom. The number of aromatic carboxylic acids is 1. The lowest BCUT2D eigenvalue weighted by atomic mass is 10.2. The van der Waals surface area contributed by atoms with E-state index in [4.69, 9.17) is 5.11 Å². The fourth-order valence-corrected chi connectivity index (χ4v) is 3.38. The van der Waals surface area contributed by atoms with Crippen LogP contribution < -0.4 is 10.0 Å². The number of carbonyl (C=O) groups excluding carboxylic acids is 1. The molecule has 0 atom stereocenters. The van der Waals surface area contributed by atoms with Gasteiger partial charge in [-0.2, -0.15) is 0 Å². The molecule has 1 aliphatic rings. The Hall–Kier alpha value is -2.87. The first-order valence-corrected chi connectivity index (χ1v) is 8.12. The number of hydrogen-bond acceptors (Lipinski definition) is 4. The van der Waals surface area contributed by atoms with E-state index in [-0.39, 0.29) is 28.5 Å². The minimum absolute atomic E-state index is 0.0371. The predicted octanol–water partition coefficient (Wildman–Crippen LogP) is 1.68. The number of hydrogen-bond donors (Lipinski definition) is 3. The van der Waals surface area contributed by atoms with Crippen LogP contribution in [0.25, 0.3) is 0 Å². The Labute approximate surface area is 132 Å². The third kappa shape index (κ3) is 3.02. The molecule has 3 rings (SSSR count). The van der Waals surface area contributed by atoms with Crippen LogP contribution in [0.4, 0.5) is 11.4 Å². The molecule has 2 aromatic carbocycles. The van der Waals surface area contributed by atoms with E-state index in [1.54, 1.807) is 6.07 Å². The fourth-order valence-electron chi connectivity index (χ4n) is 2.27. The summed E-state index contributed by atoms with van der Waals surface area (Å²) in [6, 6.07) is 9.76. The van der Waals surface area contributed by atoms with Gasteiger partial charge in [0.05, 0.1) is 16.9 Å². The molecule has 2 aromatic rings. The molecule has 7 nitrogen and oxygen atoms in total. The second kappa shape index (κ2) is 5.40. The fraction of sp³-hybridized carbons (Fsp3) is 0.0667. The van der Waals surface area contributed by atoms with Crippen molar-refractivity contribution >= 4 is 33.3 Å². The molecule has 118 valence electrons. The van der Waals surface area contributed by atoms with Crippen LogP contribution in [0.3, 0.4) is 0 Å². The maximum Gasteiger partial charge on any atom is 0.335 e. The molecule has 23 heavy (non-hydrogen) atoms. The van der Waals surface area contributed by atoms with Crippen LogP contribution in [0, 0.1) is 0 Å². The molecule has 0 fully saturated rings. The van der Waals surface area contributed by atoms with Crippen molar-refractivity contribution in [2.75, 3.05) is 10.0 Å². The third-order valence-electron chi connectivity index (χ3n) is 3.40. The highest BCUT2D eigenvalue weighted by atomic mass is 32.2. The smallest absolute Gasteiger partial charge is 0.335 e. The lowest BCUT2D eigenvalue weighted by Gasteiger charge is -2.09. The molecule has 1 heterocycles. The number of carboxylic acids is 1. The standard InChI is InChI=1S/C15H12N2O5S/c18-14-8-10-7-12(5-6-13(10)16-14)23(21,22)17-11-3-1-9(2-4-11)15(19)20/h1-7,17H,8H2,(H,16,18)(H,19,20). The highest BCUT2D eigenvalue weighted by molar-refractivity contribution is 7.92. The number of anilines is 2. The molecule has 0 saturated heterocycles. The van der Waals surface area contributed by atoms with E-state index in [0.717, 1.165) is 0 Å². The summed E-state index contributed by atoms with van der Waals surface area (Å²) in [5.41, 5.74) is 1.55. The number of nitrogens with one attached hydrogen (secondary N) is 2. The first-order valence-electron chi connectivity index (χ1n) is 6.64. The van der Waals surface area contributed by atoms with Gasteiger partial charge in [0.2, 0.25) is 5.91 Å². The molecule has 0 radical (unpaired) electrons. The number of carbonyl (C=O) groups is 2. The number of carboxylic acid groups (broad SMARTS) is 1. The summed E-state index contributed by atoms with van der Waals surface area (Å²) in [4.78, 5) is 22.1. The Bertz CT molecular complexity index is 904. The molecule has 0 saturated carbocycles. The van der Waals surface area contributed by atoms with Crippen molar-refractivity contribution in [2.24, 2.45) is 0 Å². The minimum atomic E-state index is -3.82. The van der Waals surface area contributed by atoms with Gasteiger partial charge in [-0.25, -0.2) is 13.2 Å². The molecule has 0 aliphatic carbocycles. The predicted molar refractivity (Wildman–Crippen MR) is 83.0 cm³/mol. The number of benzene rings is 2. The topological polar surface area (TPSA) is 113 Å². The van der Waals surface area contributed by atoms with Crippen LogP contribution in [-0.2, 0) is 21.2 Å². The van der Waals surface area contributed by atoms with Gasteiger partial charge >= 0.3 is 5.97 Å². The second-order valence-electron chi connectivity index (χ2n) is 5.03. The Kier molecular flexibility index (Phi) is 3.53. The van der Waals surface area contributed by atoms with Gasteiger partial charge in [0.25, 0.3) is 10.0 Å². The monoisotopic (exact) mass is 332 g/mol. The molecule has 1 aliphatic heterocycles. The van der Waals surface area contributed by atoms with Crippen molar-refractivity contribution in [1.82, 2.24) is 0 Å². The van der Waals surface area contributed by atoms with E-state index in [1.165, 1.54) is 36.4 Å². The normalized spacial score (nSPS) is 13.3. The van der Waals surface area contributed by atoms with Gasteiger partial charge in [0.15, 0.2) is 0 Å². The summed E-state index contributed by atoms with van der Waals surface area (Å²) in [5.74, 6) is -1.26. The largest absolute Gasteiger partial charge is 0.478 e. The van der Waals surface area contributed by atoms with Gasteiger partial charge in [-0.05, 0) is 48.0 Å². The second-order valence-corrected chi connectivity index (χ2v) is 6.71. The van der Waals surface area contributed by atoms with E-state index < -0.39 is 16.0 Å². The highest BCUT2D eigenvalue weighted by Crippen LogP contribution is 2.26. The quantitative estimate of drug-likeness (QED) is 0.788. The molecular formula is C15H12N2O5S. The van der Waals surface area contributed by atoms with Gasteiger partial charge < -0.3 is 10.4 Å². The van der Waals surface area contributed by atoms with Gasteiger partial charge in [0, 0.05) is 11.4 Å². The number of amides is 1. The zero-order chi connectivity index (χ0) is 16.6. The van der Waals surface area contributed by atoms with Crippen LogP contribution >= 0.6 is 0 Å². The summed E-state index contributed by atoms with van der Waals surface area (Å²) in [7, 11) is -3.82. The molecule has 0 spiro atoms. The van der Waals surface area contributed by atoms with E-state index >= 15 is 0 Å². The lowest BCUT2D eigenvalue weighted by molar-refractivity contribution is -0.115. The van der Waals surface area contributed by atoms with Crippen LogP contribution in [0.2, 0.25) is 0 Å². The number of sulfonamides is 1. The van der Waals surface area contributed by atoms with Gasteiger partial charge in [-0.3, -0.25) is 9.52 Å². The molecule has 1 amide bonds. The van der Waals surface area contributed by atoms with Crippen LogP contribution in [0.1, 0.15) is 15.9 Å². The van der Waals surface area contributed by atoms with Crippen molar-refractivity contribution in [3.63, 3.8) is 0 Å². The van der Waals surface area contributed by atoms with Gasteiger partial charge in [-0.1, -0.05) is 0 Å². The summed E-state index contributed by atoms with van der Waals surface area (Å²) in [5, 5.41) is 11.5. The molecule has 3 N–H and O–H groups in total. The van der Waals surface area contributed by atoms with Crippen molar-refractivity contribution in [3.8, 4) is 0 Å². The molecule has 0 unspecified atom stereocenters. The summed E-state index contributed by atoms with van der Waals surface area (Å²) >= 11 is 0. The van der Waals surface area contributed by atoms with Crippen LogP contribution in [0.5, 0.6) is 0 Å². The molecular weight excluding hydrogens is 320 g/mol. The first kappa shape index (κ1) is 15.0. The Morgan fingerprint density at radius 2 is 1.83 bits per heavy atom. The van der Waals surface area contributed by atoms with Crippen molar-refractivity contribution < 1.29 is 23.1 Å². The third-order valence-corrected chi connectivity index (χ3v) is 4.78. The zero-order valence-corrected chi connectivity index (χ0v) is 12.6. The molecule has 0 bridgehead atoms. The number of rotatable bonds is 4. The molecule has 0 aromatic heterocycles. The van der Waals surface area contributed by atoms with E-state index in [9.17, 15) is 18.0 Å². The van der Waals surface area contributed by atoms with Crippen LogP contribution in [0.15, 0.2) is 47.4 Å². The van der Waals surface area contributed by atoms with Crippen molar-refractivity contribution in [2.45, 2.75) is 11.3 Å². The lowest BCUT2D eigenvalue weighted by Crippen LogP contribution is -2.13. The SMILES string of the molecule is O=C1Cc2cc(S(=O)(=O)Nc3ccc(C(=O)O)cc3)ccc2N1. The van der Waals surface area contributed by atoms with E-state index in [2.05, 4.69) is 10.0 Å². The van der Waals surface area contributed by atoms with E-state index in [0.29, 0.717) is 11.3 Å². The summed E-state index contributed by atoms with van der Waals surface area (Å²) in [6.45, 7) is 0. The summed E-state index contributed by atoms with van der Waals surface area (Å²) in [6.07, 6.45) is 0.145. The summed E-state index contributed by atoms with van der Waals surface area (Å²) < 4.78 is 27.1.